The zero-order chi connectivity index (χ0) is 11.3. The van der Waals surface area contributed by atoms with Crippen molar-refractivity contribution < 1.29 is 9.28 Å². The minimum absolute atomic E-state index is 0.135. The molecule has 2 heteroatoms. The Morgan fingerprint density at radius 3 is 2.47 bits per heavy atom. The predicted molar refractivity (Wildman–Crippen MR) is 61.4 cm³/mol. The third-order valence-electron chi connectivity index (χ3n) is 2.19. The Kier molecular flexibility index (Phi) is 3.65. The summed E-state index contributed by atoms with van der Waals surface area (Å²) in [6, 6.07) is 9.30. The van der Waals surface area contributed by atoms with Gasteiger partial charge in [0.05, 0.1) is 14.1 Å². The van der Waals surface area contributed by atoms with Gasteiger partial charge in [0.1, 0.15) is 13.1 Å². The first-order valence-electron chi connectivity index (χ1n) is 4.89. The summed E-state index contributed by atoms with van der Waals surface area (Å²) in [7, 11) is 3.92. The van der Waals surface area contributed by atoms with E-state index in [0.717, 1.165) is 5.56 Å². The summed E-state index contributed by atoms with van der Waals surface area (Å²) >= 11 is 0. The largest absolute Gasteiger partial charge is 0.312 e. The molecule has 78 valence electrons. The van der Waals surface area contributed by atoms with Crippen molar-refractivity contribution in [2.24, 2.45) is 0 Å². The lowest BCUT2D eigenvalue weighted by Gasteiger charge is -2.26. The van der Waals surface area contributed by atoms with Crippen LogP contribution in [0.3, 0.4) is 0 Å². The van der Waals surface area contributed by atoms with Crippen LogP contribution in [0.4, 0.5) is 0 Å². The van der Waals surface area contributed by atoms with Crippen molar-refractivity contribution in [1.82, 2.24) is 0 Å². The predicted octanol–water partition coefficient (Wildman–Crippen LogP) is 1.58. The Morgan fingerprint density at radius 1 is 1.33 bits per heavy atom. The molecule has 0 radical (unpaired) electrons. The van der Waals surface area contributed by atoms with Gasteiger partial charge in [-0.2, -0.15) is 0 Å². The molecule has 0 heterocycles. The third-order valence-corrected chi connectivity index (χ3v) is 2.19. The molecule has 0 unspecified atom stereocenters. The molecule has 0 aliphatic carbocycles. The van der Waals surface area contributed by atoms with Gasteiger partial charge in [-0.05, 0) is 5.92 Å². The maximum Gasteiger partial charge on any atom is 0.216 e. The molecule has 0 aliphatic rings. The van der Waals surface area contributed by atoms with E-state index in [4.69, 9.17) is 6.42 Å². The summed E-state index contributed by atoms with van der Waals surface area (Å²) in [5, 5.41) is 0. The van der Waals surface area contributed by atoms with Crippen molar-refractivity contribution in [3.05, 3.63) is 35.9 Å². The maximum absolute atomic E-state index is 11.9. The molecule has 0 N–H and O–H groups in total. The summed E-state index contributed by atoms with van der Waals surface area (Å²) in [5.41, 5.74) is 0.751. The lowest BCUT2D eigenvalue weighted by molar-refractivity contribution is -0.874. The lowest BCUT2D eigenvalue weighted by atomic mass is 10.1. The highest BCUT2D eigenvalue weighted by Gasteiger charge is 2.19. The fraction of sp³-hybridized carbons (Fsp3) is 0.308. The van der Waals surface area contributed by atoms with Crippen molar-refractivity contribution in [2.45, 2.75) is 0 Å². The van der Waals surface area contributed by atoms with Gasteiger partial charge < -0.3 is 4.48 Å². The van der Waals surface area contributed by atoms with Gasteiger partial charge in [-0.15, -0.1) is 6.42 Å². The monoisotopic (exact) mass is 202 g/mol. The van der Waals surface area contributed by atoms with Gasteiger partial charge in [-0.25, -0.2) is 0 Å². The van der Waals surface area contributed by atoms with E-state index in [2.05, 4.69) is 5.92 Å². The average Bonchev–Trinajstić information content (AvgIpc) is 2.18. The third kappa shape index (κ3) is 3.57. The zero-order valence-corrected chi connectivity index (χ0v) is 9.23. The summed E-state index contributed by atoms with van der Waals surface area (Å²) < 4.78 is 0.532. The second-order valence-electron chi connectivity index (χ2n) is 4.25. The van der Waals surface area contributed by atoms with Crippen LogP contribution in [0, 0.1) is 12.3 Å². The van der Waals surface area contributed by atoms with E-state index in [1.54, 1.807) is 0 Å². The number of hydrogen-bond donors (Lipinski definition) is 0. The highest BCUT2D eigenvalue weighted by atomic mass is 16.1. The Hall–Kier alpha value is -1.59. The Balaban J connectivity index is 2.69. The molecule has 0 saturated heterocycles. The number of quaternary nitrogens is 1. The molecule has 2 nitrogen and oxygen atoms in total. The summed E-state index contributed by atoms with van der Waals surface area (Å²) in [6.07, 6.45) is 5.25. The van der Waals surface area contributed by atoms with Crippen molar-refractivity contribution >= 4 is 5.78 Å². The smallest absolute Gasteiger partial charge is 0.216 e. The van der Waals surface area contributed by atoms with Crippen LogP contribution in [0.1, 0.15) is 10.4 Å². The molecule has 1 aromatic carbocycles. The number of carbonyl (C=O) groups is 1. The van der Waals surface area contributed by atoms with E-state index in [1.165, 1.54) is 0 Å². The van der Waals surface area contributed by atoms with Crippen molar-refractivity contribution in [3.8, 4) is 12.3 Å². The van der Waals surface area contributed by atoms with E-state index in [-0.39, 0.29) is 5.78 Å². The molecule has 15 heavy (non-hydrogen) atoms. The number of carbonyl (C=O) groups excluding carboxylic acids is 1. The summed E-state index contributed by atoms with van der Waals surface area (Å²) in [4.78, 5) is 11.9. The van der Waals surface area contributed by atoms with Crippen LogP contribution in [0.5, 0.6) is 0 Å². The van der Waals surface area contributed by atoms with Gasteiger partial charge in [0.25, 0.3) is 0 Å². The van der Waals surface area contributed by atoms with Crippen LogP contribution in [0.2, 0.25) is 0 Å². The minimum Gasteiger partial charge on any atom is -0.312 e. The van der Waals surface area contributed by atoms with Crippen LogP contribution >= 0.6 is 0 Å². The number of rotatable bonds is 4. The Bertz CT molecular complexity index is 373. The van der Waals surface area contributed by atoms with Gasteiger partial charge in [0.2, 0.25) is 5.78 Å². The van der Waals surface area contributed by atoms with Gasteiger partial charge in [0.15, 0.2) is 0 Å². The molecule has 0 saturated carbocycles. The van der Waals surface area contributed by atoms with Gasteiger partial charge >= 0.3 is 0 Å². The molecule has 1 rings (SSSR count). The first kappa shape index (κ1) is 11.5. The maximum atomic E-state index is 11.9. The van der Waals surface area contributed by atoms with Crippen molar-refractivity contribution in [2.75, 3.05) is 27.2 Å². The molecule has 0 fully saturated rings. The van der Waals surface area contributed by atoms with E-state index in [0.29, 0.717) is 17.6 Å². The van der Waals surface area contributed by atoms with Gasteiger partial charge in [-0.1, -0.05) is 30.3 Å². The number of nitrogens with zero attached hydrogens (tertiary/aromatic N) is 1. The second-order valence-corrected chi connectivity index (χ2v) is 4.25. The van der Waals surface area contributed by atoms with Crippen LogP contribution in [-0.4, -0.2) is 37.5 Å². The Labute approximate surface area is 91.1 Å². The van der Waals surface area contributed by atoms with E-state index in [9.17, 15) is 4.79 Å². The van der Waals surface area contributed by atoms with Crippen LogP contribution in [-0.2, 0) is 0 Å². The highest BCUT2D eigenvalue weighted by molar-refractivity contribution is 5.96. The van der Waals surface area contributed by atoms with E-state index >= 15 is 0 Å². The minimum atomic E-state index is 0.135. The van der Waals surface area contributed by atoms with E-state index in [1.807, 2.05) is 44.4 Å². The second kappa shape index (κ2) is 4.77. The van der Waals surface area contributed by atoms with Crippen LogP contribution in [0.15, 0.2) is 30.3 Å². The standard InChI is InChI=1S/C13H16NO/c1-4-10-14(2,3)11-13(15)12-8-6-5-7-9-12/h1,5-9H,10-11H2,2-3H3/q+1. The summed E-state index contributed by atoms with van der Waals surface area (Å²) in [5.74, 6) is 2.72. The van der Waals surface area contributed by atoms with Crippen LogP contribution < -0.4 is 0 Å². The number of terminal acetylenes is 1. The Morgan fingerprint density at radius 2 is 1.93 bits per heavy atom. The first-order chi connectivity index (χ1) is 7.05. The first-order valence-corrected chi connectivity index (χ1v) is 4.89. The molecule has 0 aromatic heterocycles. The average molecular weight is 202 g/mol. The molecular formula is C13H16NO+. The fourth-order valence-corrected chi connectivity index (χ4v) is 1.41. The number of benzene rings is 1. The zero-order valence-electron chi connectivity index (χ0n) is 9.23. The molecule has 0 atom stereocenters. The number of likely N-dealkylation sites (N-methyl/N-ethyl adjacent to an activating group) is 1. The van der Waals surface area contributed by atoms with Crippen LogP contribution in [0.25, 0.3) is 0 Å². The van der Waals surface area contributed by atoms with Crippen molar-refractivity contribution in [1.29, 1.82) is 0 Å². The van der Waals surface area contributed by atoms with Crippen molar-refractivity contribution in [3.63, 3.8) is 0 Å². The quantitative estimate of drug-likeness (QED) is 0.411. The normalized spacial score (nSPS) is 10.7. The highest BCUT2D eigenvalue weighted by Crippen LogP contribution is 2.04. The van der Waals surface area contributed by atoms with E-state index < -0.39 is 0 Å². The molecular weight excluding hydrogens is 186 g/mol. The molecule has 0 aliphatic heterocycles. The molecule has 0 spiro atoms. The molecule has 1 aromatic rings. The number of hydrogen-bond acceptors (Lipinski definition) is 1. The fourth-order valence-electron chi connectivity index (χ4n) is 1.41. The SMILES string of the molecule is C#CC[N+](C)(C)CC(=O)c1ccccc1. The lowest BCUT2D eigenvalue weighted by Crippen LogP contribution is -2.44. The van der Waals surface area contributed by atoms with Gasteiger partial charge in [0, 0.05) is 5.56 Å². The number of ketones is 1. The van der Waals surface area contributed by atoms with Gasteiger partial charge in [-0.3, -0.25) is 4.79 Å². The molecule has 0 bridgehead atoms. The summed E-state index contributed by atoms with van der Waals surface area (Å²) in [6.45, 7) is 1.01. The number of Topliss-reactive ketones (excluding diaryl/α,β-unsaturated/α-hetero) is 1. The molecule has 0 amide bonds. The topological polar surface area (TPSA) is 17.1 Å².